The van der Waals surface area contributed by atoms with Crippen LogP contribution < -0.4 is 0 Å². The highest BCUT2D eigenvalue weighted by Gasteiger charge is 2.20. The number of nitrogens with zero attached hydrogens (tertiary/aromatic N) is 1. The molecule has 0 unspecified atom stereocenters. The van der Waals surface area contributed by atoms with Gasteiger partial charge in [0.1, 0.15) is 16.6 Å². The molecule has 0 atom stereocenters. The van der Waals surface area contributed by atoms with E-state index in [0.717, 1.165) is 5.69 Å². The molecule has 0 radical (unpaired) electrons. The predicted octanol–water partition coefficient (Wildman–Crippen LogP) is 4.39. The minimum atomic E-state index is -0.570. The SMILES string of the molecule is CC(C)(C)c1csc(-c2c(F)cccc2F)n1. The number of aromatic nitrogens is 1. The third-order valence-corrected chi connectivity index (χ3v) is 3.31. The highest BCUT2D eigenvalue weighted by molar-refractivity contribution is 7.13. The van der Waals surface area contributed by atoms with Gasteiger partial charge in [-0.1, -0.05) is 26.8 Å². The van der Waals surface area contributed by atoms with Crippen LogP contribution in [0.3, 0.4) is 0 Å². The Morgan fingerprint density at radius 3 is 2.18 bits per heavy atom. The molecule has 0 fully saturated rings. The van der Waals surface area contributed by atoms with Crippen LogP contribution >= 0.6 is 11.3 Å². The molecule has 1 nitrogen and oxygen atoms in total. The molecule has 4 heteroatoms. The molecular weight excluding hydrogens is 240 g/mol. The average molecular weight is 253 g/mol. The number of thiazole rings is 1. The summed E-state index contributed by atoms with van der Waals surface area (Å²) in [5, 5.41) is 2.24. The second kappa shape index (κ2) is 4.18. The van der Waals surface area contributed by atoms with E-state index in [0.29, 0.717) is 5.01 Å². The average Bonchev–Trinajstić information content (AvgIpc) is 2.65. The highest BCUT2D eigenvalue weighted by atomic mass is 32.1. The van der Waals surface area contributed by atoms with Crippen LogP contribution in [0, 0.1) is 11.6 Å². The third-order valence-electron chi connectivity index (χ3n) is 2.45. The quantitative estimate of drug-likeness (QED) is 0.734. The molecule has 0 spiro atoms. The normalized spacial score (nSPS) is 11.8. The second-order valence-corrected chi connectivity index (χ2v) is 5.74. The molecule has 1 aromatic carbocycles. The van der Waals surface area contributed by atoms with Gasteiger partial charge in [-0.15, -0.1) is 11.3 Å². The molecular formula is C13H13F2NS. The Morgan fingerprint density at radius 1 is 1.12 bits per heavy atom. The molecule has 0 aliphatic carbocycles. The molecule has 0 aliphatic heterocycles. The van der Waals surface area contributed by atoms with Crippen LogP contribution in [-0.2, 0) is 5.41 Å². The van der Waals surface area contributed by atoms with Crippen LogP contribution in [0.5, 0.6) is 0 Å². The Hall–Kier alpha value is -1.29. The van der Waals surface area contributed by atoms with Crippen LogP contribution in [0.1, 0.15) is 26.5 Å². The Morgan fingerprint density at radius 2 is 1.71 bits per heavy atom. The van der Waals surface area contributed by atoms with Crippen molar-refractivity contribution in [2.75, 3.05) is 0 Å². The van der Waals surface area contributed by atoms with E-state index in [1.54, 1.807) is 0 Å². The van der Waals surface area contributed by atoms with E-state index in [-0.39, 0.29) is 11.0 Å². The van der Waals surface area contributed by atoms with Crippen LogP contribution in [-0.4, -0.2) is 4.98 Å². The minimum Gasteiger partial charge on any atom is -0.240 e. The van der Waals surface area contributed by atoms with Gasteiger partial charge in [0.05, 0.1) is 11.3 Å². The van der Waals surface area contributed by atoms with E-state index >= 15 is 0 Å². The van der Waals surface area contributed by atoms with Gasteiger partial charge >= 0.3 is 0 Å². The van der Waals surface area contributed by atoms with E-state index < -0.39 is 11.6 Å². The standard InChI is InChI=1S/C13H13F2NS/c1-13(2,3)10-7-17-12(16-10)11-8(14)5-4-6-9(11)15/h4-7H,1-3H3. The molecule has 2 aromatic rings. The monoisotopic (exact) mass is 253 g/mol. The minimum absolute atomic E-state index is 0.0343. The Labute approximate surface area is 103 Å². The fourth-order valence-corrected chi connectivity index (χ4v) is 2.53. The second-order valence-electron chi connectivity index (χ2n) is 4.88. The topological polar surface area (TPSA) is 12.9 Å². The van der Waals surface area contributed by atoms with E-state index in [4.69, 9.17) is 0 Å². The molecule has 0 bridgehead atoms. The van der Waals surface area contributed by atoms with Crippen molar-refractivity contribution in [3.8, 4) is 10.6 Å². The van der Waals surface area contributed by atoms with Crippen molar-refractivity contribution in [2.45, 2.75) is 26.2 Å². The summed E-state index contributed by atoms with van der Waals surface area (Å²) >= 11 is 1.27. The summed E-state index contributed by atoms with van der Waals surface area (Å²) in [7, 11) is 0. The number of benzene rings is 1. The van der Waals surface area contributed by atoms with E-state index in [2.05, 4.69) is 4.98 Å². The van der Waals surface area contributed by atoms with Crippen LogP contribution in [0.25, 0.3) is 10.6 Å². The van der Waals surface area contributed by atoms with Crippen molar-refractivity contribution in [3.63, 3.8) is 0 Å². The van der Waals surface area contributed by atoms with Crippen molar-refractivity contribution in [1.29, 1.82) is 0 Å². The van der Waals surface area contributed by atoms with Gasteiger partial charge in [-0.25, -0.2) is 13.8 Å². The highest BCUT2D eigenvalue weighted by Crippen LogP contribution is 2.32. The number of hydrogen-bond acceptors (Lipinski definition) is 2. The zero-order valence-corrected chi connectivity index (χ0v) is 10.7. The molecule has 0 amide bonds. The fraction of sp³-hybridized carbons (Fsp3) is 0.308. The lowest BCUT2D eigenvalue weighted by molar-refractivity contribution is 0.570. The summed E-state index contributed by atoms with van der Waals surface area (Å²) in [6.45, 7) is 6.05. The maximum absolute atomic E-state index is 13.6. The zero-order chi connectivity index (χ0) is 12.6. The lowest BCUT2D eigenvalue weighted by Gasteiger charge is -2.14. The smallest absolute Gasteiger partial charge is 0.136 e. The maximum atomic E-state index is 13.6. The van der Waals surface area contributed by atoms with Crippen LogP contribution in [0.4, 0.5) is 8.78 Å². The summed E-state index contributed by atoms with van der Waals surface area (Å²) in [4.78, 5) is 4.31. The molecule has 0 aliphatic rings. The van der Waals surface area contributed by atoms with E-state index in [1.807, 2.05) is 26.2 Å². The largest absolute Gasteiger partial charge is 0.240 e. The lowest BCUT2D eigenvalue weighted by atomic mass is 9.93. The van der Waals surface area contributed by atoms with Crippen molar-refractivity contribution in [2.24, 2.45) is 0 Å². The van der Waals surface area contributed by atoms with E-state index in [9.17, 15) is 8.78 Å². The summed E-state index contributed by atoms with van der Waals surface area (Å²) in [6, 6.07) is 3.85. The summed E-state index contributed by atoms with van der Waals surface area (Å²) < 4.78 is 27.1. The first-order valence-electron chi connectivity index (χ1n) is 5.30. The third kappa shape index (κ3) is 2.36. The van der Waals surface area contributed by atoms with E-state index in [1.165, 1.54) is 29.5 Å². The molecule has 17 heavy (non-hydrogen) atoms. The first-order valence-corrected chi connectivity index (χ1v) is 6.18. The van der Waals surface area contributed by atoms with Gasteiger partial charge in [0.2, 0.25) is 0 Å². The molecule has 1 aromatic heterocycles. The lowest BCUT2D eigenvalue weighted by Crippen LogP contribution is -2.11. The summed E-state index contributed by atoms with van der Waals surface area (Å²) in [6.07, 6.45) is 0. The van der Waals surface area contributed by atoms with Crippen molar-refractivity contribution < 1.29 is 8.78 Å². The van der Waals surface area contributed by atoms with Crippen LogP contribution in [0.2, 0.25) is 0 Å². The van der Waals surface area contributed by atoms with Crippen molar-refractivity contribution >= 4 is 11.3 Å². The number of rotatable bonds is 1. The summed E-state index contributed by atoms with van der Waals surface area (Å²) in [5.74, 6) is -1.14. The molecule has 2 rings (SSSR count). The fourth-order valence-electron chi connectivity index (χ4n) is 1.44. The molecule has 0 saturated heterocycles. The van der Waals surface area contributed by atoms with Gasteiger partial charge in [-0.2, -0.15) is 0 Å². The Bertz CT molecular complexity index is 520. The Kier molecular flexibility index (Phi) is 3.00. The predicted molar refractivity (Wildman–Crippen MR) is 66.2 cm³/mol. The zero-order valence-electron chi connectivity index (χ0n) is 9.92. The van der Waals surface area contributed by atoms with Gasteiger partial charge in [-0.3, -0.25) is 0 Å². The Balaban J connectivity index is 2.51. The maximum Gasteiger partial charge on any atom is 0.136 e. The van der Waals surface area contributed by atoms with Gasteiger partial charge in [-0.05, 0) is 12.1 Å². The van der Waals surface area contributed by atoms with Crippen LogP contribution in [0.15, 0.2) is 23.6 Å². The molecule has 0 saturated carbocycles. The number of halogens is 2. The molecule has 0 N–H and O–H groups in total. The van der Waals surface area contributed by atoms with Crippen molar-refractivity contribution in [1.82, 2.24) is 4.98 Å². The molecule has 90 valence electrons. The molecule has 1 heterocycles. The first kappa shape index (κ1) is 12.2. The van der Waals surface area contributed by atoms with Gasteiger partial charge in [0, 0.05) is 10.8 Å². The number of hydrogen-bond donors (Lipinski definition) is 0. The van der Waals surface area contributed by atoms with Gasteiger partial charge < -0.3 is 0 Å². The summed E-state index contributed by atoms with van der Waals surface area (Å²) in [5.41, 5.74) is 0.699. The van der Waals surface area contributed by atoms with Crippen molar-refractivity contribution in [3.05, 3.63) is 40.9 Å². The van der Waals surface area contributed by atoms with Gasteiger partial charge in [0.25, 0.3) is 0 Å². The van der Waals surface area contributed by atoms with Gasteiger partial charge in [0.15, 0.2) is 0 Å². The first-order chi connectivity index (χ1) is 7.89.